The Hall–Kier alpha value is -4.66. The molecule has 5 aromatic rings. The summed E-state index contributed by atoms with van der Waals surface area (Å²) in [6.45, 7) is 1.38. The summed E-state index contributed by atoms with van der Waals surface area (Å²) in [7, 11) is 0. The SMILES string of the molecule is CC(=O)Nc1cc(-c2ccc(F)cc2F)cc(-n2cnc3cc(-c4ccnc(N)c4)cnc32)c1. The molecular formula is C25H18F2N6O. The number of nitrogens with two attached hydrogens (primary N) is 1. The van der Waals surface area contributed by atoms with Crippen LogP contribution in [0.15, 0.2) is 73.3 Å². The summed E-state index contributed by atoms with van der Waals surface area (Å²) < 4.78 is 29.7. The molecule has 3 heterocycles. The van der Waals surface area contributed by atoms with E-state index in [0.717, 1.165) is 17.2 Å². The van der Waals surface area contributed by atoms with Crippen molar-refractivity contribution in [3.8, 4) is 27.9 Å². The number of aromatic nitrogens is 4. The van der Waals surface area contributed by atoms with Gasteiger partial charge in [-0.3, -0.25) is 9.36 Å². The van der Waals surface area contributed by atoms with E-state index >= 15 is 0 Å². The lowest BCUT2D eigenvalue weighted by Crippen LogP contribution is -2.07. The van der Waals surface area contributed by atoms with Gasteiger partial charge in [0.2, 0.25) is 5.91 Å². The van der Waals surface area contributed by atoms with Gasteiger partial charge in [0.15, 0.2) is 5.65 Å². The number of nitrogens with zero attached hydrogens (tertiary/aromatic N) is 4. The van der Waals surface area contributed by atoms with E-state index in [0.29, 0.717) is 33.9 Å². The van der Waals surface area contributed by atoms with Crippen molar-refractivity contribution in [3.05, 3.63) is 85.0 Å². The Labute approximate surface area is 192 Å². The second-order valence-electron chi connectivity index (χ2n) is 7.72. The van der Waals surface area contributed by atoms with Crippen LogP contribution in [-0.4, -0.2) is 25.4 Å². The van der Waals surface area contributed by atoms with Gasteiger partial charge < -0.3 is 11.1 Å². The number of hydrogen-bond donors (Lipinski definition) is 2. The standard InChI is InChI=1S/C25H18F2N6O/c1-14(34)32-19-6-16(21-3-2-18(26)10-22(21)27)7-20(11-19)33-13-31-23-8-17(12-30-25(23)33)15-4-5-29-24(28)9-15/h2-13H,1H3,(H2,28,29)(H,32,34). The van der Waals surface area contributed by atoms with Crippen LogP contribution in [0.25, 0.3) is 39.1 Å². The van der Waals surface area contributed by atoms with Crippen LogP contribution in [0.3, 0.4) is 0 Å². The normalized spacial score (nSPS) is 11.0. The molecule has 0 saturated carbocycles. The van der Waals surface area contributed by atoms with E-state index in [2.05, 4.69) is 20.3 Å². The summed E-state index contributed by atoms with van der Waals surface area (Å²) in [6, 6.07) is 13.9. The quantitative estimate of drug-likeness (QED) is 0.398. The summed E-state index contributed by atoms with van der Waals surface area (Å²) in [4.78, 5) is 24.7. The Balaban J connectivity index is 1.63. The van der Waals surface area contributed by atoms with Gasteiger partial charge in [0.1, 0.15) is 29.3 Å². The molecule has 0 radical (unpaired) electrons. The topological polar surface area (TPSA) is 98.7 Å². The largest absolute Gasteiger partial charge is 0.384 e. The fourth-order valence-electron chi connectivity index (χ4n) is 3.78. The molecule has 9 heteroatoms. The van der Waals surface area contributed by atoms with Crippen LogP contribution in [-0.2, 0) is 4.79 Å². The van der Waals surface area contributed by atoms with Gasteiger partial charge in [-0.05, 0) is 59.7 Å². The van der Waals surface area contributed by atoms with Gasteiger partial charge in [-0.2, -0.15) is 0 Å². The number of nitrogens with one attached hydrogen (secondary N) is 1. The Morgan fingerprint density at radius 2 is 1.79 bits per heavy atom. The van der Waals surface area contributed by atoms with Crippen molar-refractivity contribution in [3.63, 3.8) is 0 Å². The molecule has 3 N–H and O–H groups in total. The molecule has 34 heavy (non-hydrogen) atoms. The Bertz CT molecular complexity index is 1560. The molecule has 5 rings (SSSR count). The highest BCUT2D eigenvalue weighted by Gasteiger charge is 2.14. The van der Waals surface area contributed by atoms with Crippen LogP contribution >= 0.6 is 0 Å². The molecule has 0 aliphatic rings. The van der Waals surface area contributed by atoms with Crippen LogP contribution in [0.5, 0.6) is 0 Å². The molecule has 168 valence electrons. The minimum Gasteiger partial charge on any atom is -0.384 e. The van der Waals surface area contributed by atoms with E-state index in [9.17, 15) is 13.6 Å². The predicted molar refractivity (Wildman–Crippen MR) is 126 cm³/mol. The number of nitrogen functional groups attached to an aromatic ring is 1. The monoisotopic (exact) mass is 456 g/mol. The molecule has 7 nitrogen and oxygen atoms in total. The van der Waals surface area contributed by atoms with Crippen molar-refractivity contribution < 1.29 is 13.6 Å². The molecule has 0 unspecified atom stereocenters. The zero-order valence-corrected chi connectivity index (χ0v) is 18.0. The molecule has 0 fully saturated rings. The molecule has 0 spiro atoms. The highest BCUT2D eigenvalue weighted by molar-refractivity contribution is 5.90. The van der Waals surface area contributed by atoms with Gasteiger partial charge in [-0.15, -0.1) is 0 Å². The molecule has 0 aliphatic heterocycles. The summed E-state index contributed by atoms with van der Waals surface area (Å²) in [5.74, 6) is -1.26. The van der Waals surface area contributed by atoms with Crippen molar-refractivity contribution in [2.45, 2.75) is 6.92 Å². The highest BCUT2D eigenvalue weighted by atomic mass is 19.1. The smallest absolute Gasteiger partial charge is 0.221 e. The van der Waals surface area contributed by atoms with Gasteiger partial charge in [-0.25, -0.2) is 23.7 Å². The third-order valence-corrected chi connectivity index (χ3v) is 5.26. The Morgan fingerprint density at radius 1 is 0.941 bits per heavy atom. The lowest BCUT2D eigenvalue weighted by Gasteiger charge is -2.12. The lowest BCUT2D eigenvalue weighted by molar-refractivity contribution is -0.114. The molecular weight excluding hydrogens is 438 g/mol. The van der Waals surface area contributed by atoms with Gasteiger partial charge in [0.05, 0.1) is 5.69 Å². The number of fused-ring (bicyclic) bond motifs is 1. The first-order valence-electron chi connectivity index (χ1n) is 10.3. The number of hydrogen-bond acceptors (Lipinski definition) is 5. The maximum absolute atomic E-state index is 14.5. The van der Waals surface area contributed by atoms with Crippen molar-refractivity contribution in [1.29, 1.82) is 0 Å². The maximum Gasteiger partial charge on any atom is 0.221 e. The minimum atomic E-state index is -0.708. The van der Waals surface area contributed by atoms with Crippen LogP contribution < -0.4 is 11.1 Å². The van der Waals surface area contributed by atoms with E-state index in [1.165, 1.54) is 19.1 Å². The number of carbonyl (C=O) groups is 1. The summed E-state index contributed by atoms with van der Waals surface area (Å²) in [5, 5.41) is 2.72. The van der Waals surface area contributed by atoms with Crippen molar-refractivity contribution in [2.75, 3.05) is 11.1 Å². The zero-order valence-electron chi connectivity index (χ0n) is 18.0. The summed E-state index contributed by atoms with van der Waals surface area (Å²) >= 11 is 0. The van der Waals surface area contributed by atoms with E-state index in [-0.39, 0.29) is 11.5 Å². The lowest BCUT2D eigenvalue weighted by atomic mass is 10.0. The fourth-order valence-corrected chi connectivity index (χ4v) is 3.78. The second-order valence-corrected chi connectivity index (χ2v) is 7.72. The Kier molecular flexibility index (Phi) is 5.21. The van der Waals surface area contributed by atoms with E-state index in [1.54, 1.807) is 47.6 Å². The van der Waals surface area contributed by atoms with Gasteiger partial charge >= 0.3 is 0 Å². The van der Waals surface area contributed by atoms with Crippen LogP contribution in [0, 0.1) is 11.6 Å². The van der Waals surface area contributed by atoms with Crippen molar-refractivity contribution in [1.82, 2.24) is 19.5 Å². The third-order valence-electron chi connectivity index (χ3n) is 5.26. The summed E-state index contributed by atoms with van der Waals surface area (Å²) in [6.07, 6.45) is 4.92. The van der Waals surface area contributed by atoms with Crippen LogP contribution in [0.2, 0.25) is 0 Å². The maximum atomic E-state index is 14.5. The molecule has 3 aromatic heterocycles. The van der Waals surface area contributed by atoms with Crippen molar-refractivity contribution >= 4 is 28.6 Å². The van der Waals surface area contributed by atoms with Crippen molar-refractivity contribution in [2.24, 2.45) is 0 Å². The van der Waals surface area contributed by atoms with Gasteiger partial charge in [0, 0.05) is 42.2 Å². The first-order valence-corrected chi connectivity index (χ1v) is 10.3. The summed E-state index contributed by atoms with van der Waals surface area (Å²) in [5.41, 5.74) is 10.4. The molecule has 1 amide bonds. The first kappa shape index (κ1) is 21.2. The number of rotatable bonds is 4. The average molecular weight is 456 g/mol. The molecule has 2 aromatic carbocycles. The molecule has 0 saturated heterocycles. The number of amides is 1. The fraction of sp³-hybridized carbons (Fsp3) is 0.0400. The molecule has 0 aliphatic carbocycles. The number of halogens is 2. The number of pyridine rings is 2. The van der Waals surface area contributed by atoms with E-state index in [1.807, 2.05) is 12.1 Å². The molecule has 0 atom stereocenters. The molecule has 0 bridgehead atoms. The first-order chi connectivity index (χ1) is 16.4. The van der Waals surface area contributed by atoms with E-state index < -0.39 is 11.6 Å². The highest BCUT2D eigenvalue weighted by Crippen LogP contribution is 2.31. The number of benzene rings is 2. The predicted octanol–water partition coefficient (Wildman–Crippen LogP) is 4.97. The second kappa shape index (κ2) is 8.36. The minimum absolute atomic E-state index is 0.199. The van der Waals surface area contributed by atoms with Crippen LogP contribution in [0.4, 0.5) is 20.3 Å². The number of carbonyl (C=O) groups excluding carboxylic acids is 1. The van der Waals surface area contributed by atoms with Gasteiger partial charge in [0.25, 0.3) is 0 Å². The number of imidazole rings is 1. The van der Waals surface area contributed by atoms with E-state index in [4.69, 9.17) is 5.73 Å². The van der Waals surface area contributed by atoms with Gasteiger partial charge in [-0.1, -0.05) is 0 Å². The Morgan fingerprint density at radius 3 is 2.56 bits per heavy atom. The third kappa shape index (κ3) is 4.06. The van der Waals surface area contributed by atoms with Crippen LogP contribution in [0.1, 0.15) is 6.92 Å². The zero-order chi connectivity index (χ0) is 23.8. The average Bonchev–Trinajstić information content (AvgIpc) is 3.22. The number of anilines is 2.